The minimum Gasteiger partial charge on any atom is -0.477 e. The monoisotopic (exact) mass is 385 g/mol. The summed E-state index contributed by atoms with van der Waals surface area (Å²) in [6.07, 6.45) is 7.52. The number of hydrogen-bond donors (Lipinski definition) is 0. The van der Waals surface area contributed by atoms with Gasteiger partial charge in [-0.05, 0) is 19.1 Å². The Morgan fingerprint density at radius 3 is 2.70 bits per heavy atom. The second-order valence-corrected chi connectivity index (χ2v) is 7.13. The third-order valence-electron chi connectivity index (χ3n) is 4.34. The number of thiazole rings is 1. The Labute approximate surface area is 160 Å². The molecule has 27 heavy (non-hydrogen) atoms. The molecule has 140 valence electrons. The summed E-state index contributed by atoms with van der Waals surface area (Å²) >= 11 is 1.40. The molecule has 0 aliphatic carbocycles. The molecule has 1 amide bonds. The third kappa shape index (κ3) is 3.50. The fourth-order valence-electron chi connectivity index (χ4n) is 3.00. The molecule has 3 aromatic heterocycles. The number of hydrogen-bond acceptors (Lipinski definition) is 7. The van der Waals surface area contributed by atoms with Crippen LogP contribution in [0, 0.1) is 6.92 Å². The van der Waals surface area contributed by atoms with Gasteiger partial charge in [-0.2, -0.15) is 0 Å². The van der Waals surface area contributed by atoms with Crippen LogP contribution in [-0.4, -0.2) is 56.6 Å². The fourth-order valence-corrected chi connectivity index (χ4v) is 4.00. The molecular formula is C18H19N5O3S. The summed E-state index contributed by atoms with van der Waals surface area (Å²) in [5.41, 5.74) is 0.744. The summed E-state index contributed by atoms with van der Waals surface area (Å²) in [5, 5.41) is 0.789. The van der Waals surface area contributed by atoms with E-state index < -0.39 is 0 Å². The molecule has 0 spiro atoms. The first-order chi connectivity index (χ1) is 13.2. The number of aryl methyl sites for hydroxylation is 1. The van der Waals surface area contributed by atoms with Crippen molar-refractivity contribution in [2.75, 3.05) is 20.2 Å². The Bertz CT molecular complexity index is 940. The number of methoxy groups -OCH3 is 1. The van der Waals surface area contributed by atoms with E-state index in [2.05, 4.69) is 15.0 Å². The molecule has 3 aromatic rings. The molecule has 1 saturated heterocycles. The van der Waals surface area contributed by atoms with Crippen molar-refractivity contribution in [2.45, 2.75) is 19.4 Å². The van der Waals surface area contributed by atoms with Crippen LogP contribution in [0.1, 0.15) is 21.8 Å². The zero-order chi connectivity index (χ0) is 18.8. The van der Waals surface area contributed by atoms with E-state index in [0.717, 1.165) is 17.2 Å². The third-order valence-corrected chi connectivity index (χ3v) is 5.50. The van der Waals surface area contributed by atoms with Crippen molar-refractivity contribution >= 4 is 17.2 Å². The lowest BCUT2D eigenvalue weighted by atomic mass is 10.3. The van der Waals surface area contributed by atoms with Crippen LogP contribution in [0.25, 0.3) is 5.13 Å². The molecule has 0 aromatic carbocycles. The molecule has 9 heteroatoms. The first kappa shape index (κ1) is 17.5. The molecule has 0 N–H and O–H groups in total. The predicted octanol–water partition coefficient (Wildman–Crippen LogP) is 2.33. The van der Waals surface area contributed by atoms with E-state index in [1.165, 1.54) is 18.4 Å². The molecule has 1 atom stereocenters. The summed E-state index contributed by atoms with van der Waals surface area (Å²) in [6.45, 7) is 2.99. The highest BCUT2D eigenvalue weighted by Gasteiger charge is 2.31. The van der Waals surface area contributed by atoms with Gasteiger partial charge in [-0.1, -0.05) is 11.3 Å². The molecule has 4 rings (SSSR count). The highest BCUT2D eigenvalue weighted by Crippen LogP contribution is 2.27. The van der Waals surface area contributed by atoms with Crippen molar-refractivity contribution in [2.24, 2.45) is 0 Å². The summed E-state index contributed by atoms with van der Waals surface area (Å²) in [4.78, 5) is 28.2. The molecule has 0 radical (unpaired) electrons. The lowest BCUT2D eigenvalue weighted by Crippen LogP contribution is -2.31. The van der Waals surface area contributed by atoms with E-state index in [-0.39, 0.29) is 12.0 Å². The molecule has 0 saturated carbocycles. The average molecular weight is 385 g/mol. The zero-order valence-electron chi connectivity index (χ0n) is 15.0. The van der Waals surface area contributed by atoms with Crippen LogP contribution in [-0.2, 0) is 0 Å². The van der Waals surface area contributed by atoms with Gasteiger partial charge in [0.15, 0.2) is 5.13 Å². The smallest absolute Gasteiger partial charge is 0.278 e. The van der Waals surface area contributed by atoms with Gasteiger partial charge in [0.05, 0.1) is 19.3 Å². The molecule has 1 aliphatic rings. The van der Waals surface area contributed by atoms with Gasteiger partial charge in [0, 0.05) is 37.8 Å². The second-order valence-electron chi connectivity index (χ2n) is 6.15. The van der Waals surface area contributed by atoms with Crippen LogP contribution in [0.2, 0.25) is 0 Å². The molecule has 1 fully saturated rings. The predicted molar refractivity (Wildman–Crippen MR) is 99.7 cm³/mol. The van der Waals surface area contributed by atoms with E-state index in [0.29, 0.717) is 29.7 Å². The number of ether oxygens (including phenoxy) is 2. The maximum atomic E-state index is 13.0. The van der Waals surface area contributed by atoms with Gasteiger partial charge in [0.2, 0.25) is 0 Å². The summed E-state index contributed by atoms with van der Waals surface area (Å²) in [6, 6.07) is 3.86. The first-order valence-corrected chi connectivity index (χ1v) is 9.39. The highest BCUT2D eigenvalue weighted by atomic mass is 32.1. The maximum absolute atomic E-state index is 13.0. The van der Waals surface area contributed by atoms with E-state index in [1.54, 1.807) is 17.3 Å². The highest BCUT2D eigenvalue weighted by molar-refractivity contribution is 7.16. The number of amides is 1. The van der Waals surface area contributed by atoms with E-state index in [1.807, 2.05) is 36.0 Å². The van der Waals surface area contributed by atoms with Crippen LogP contribution in [0.15, 0.2) is 36.9 Å². The topological polar surface area (TPSA) is 82.4 Å². The SMILES string of the molecule is COc1nccnc1OC1CCN(C(=O)c2sc(-n3cccc3)nc2C)C1. The lowest BCUT2D eigenvalue weighted by molar-refractivity contribution is 0.0774. The van der Waals surface area contributed by atoms with Crippen LogP contribution in [0.5, 0.6) is 11.8 Å². The summed E-state index contributed by atoms with van der Waals surface area (Å²) in [5.74, 6) is 0.681. The number of likely N-dealkylation sites (tertiary alicyclic amines) is 1. The normalized spacial score (nSPS) is 16.5. The van der Waals surface area contributed by atoms with Crippen LogP contribution in [0.3, 0.4) is 0 Å². The van der Waals surface area contributed by atoms with Gasteiger partial charge < -0.3 is 18.9 Å². The Morgan fingerprint density at radius 1 is 1.22 bits per heavy atom. The van der Waals surface area contributed by atoms with Gasteiger partial charge in [0.1, 0.15) is 11.0 Å². The van der Waals surface area contributed by atoms with Crippen molar-refractivity contribution in [3.05, 3.63) is 47.5 Å². The second kappa shape index (κ2) is 7.36. The van der Waals surface area contributed by atoms with E-state index >= 15 is 0 Å². The van der Waals surface area contributed by atoms with Crippen molar-refractivity contribution in [3.8, 4) is 16.9 Å². The Hall–Kier alpha value is -2.94. The lowest BCUT2D eigenvalue weighted by Gasteiger charge is -2.16. The quantitative estimate of drug-likeness (QED) is 0.670. The minimum atomic E-state index is -0.142. The number of aromatic nitrogens is 4. The number of nitrogens with zero attached hydrogens (tertiary/aromatic N) is 5. The Balaban J connectivity index is 1.45. The number of rotatable bonds is 5. The van der Waals surface area contributed by atoms with Gasteiger partial charge >= 0.3 is 0 Å². The minimum absolute atomic E-state index is 0.0133. The largest absolute Gasteiger partial charge is 0.477 e. The van der Waals surface area contributed by atoms with Gasteiger partial charge in [-0.25, -0.2) is 15.0 Å². The van der Waals surface area contributed by atoms with Crippen molar-refractivity contribution < 1.29 is 14.3 Å². The van der Waals surface area contributed by atoms with Crippen molar-refractivity contribution in [3.63, 3.8) is 0 Å². The molecule has 1 aliphatic heterocycles. The van der Waals surface area contributed by atoms with E-state index in [4.69, 9.17) is 9.47 Å². The molecule has 4 heterocycles. The summed E-state index contributed by atoms with van der Waals surface area (Å²) < 4.78 is 13.0. The average Bonchev–Trinajstić information content (AvgIpc) is 3.42. The van der Waals surface area contributed by atoms with Crippen molar-refractivity contribution in [1.29, 1.82) is 0 Å². The first-order valence-electron chi connectivity index (χ1n) is 8.57. The zero-order valence-corrected chi connectivity index (χ0v) is 15.8. The van der Waals surface area contributed by atoms with Crippen molar-refractivity contribution in [1.82, 2.24) is 24.4 Å². The number of carbonyl (C=O) groups excluding carboxylic acids is 1. The Kier molecular flexibility index (Phi) is 4.76. The molecule has 1 unspecified atom stereocenters. The van der Waals surface area contributed by atoms with Gasteiger partial charge in [0.25, 0.3) is 17.7 Å². The molecule has 8 nitrogen and oxygen atoms in total. The number of carbonyl (C=O) groups is 1. The standard InChI is InChI=1S/C18H19N5O3S/c1-12-14(27-18(21-12)22-8-3-4-9-22)17(24)23-10-5-13(11-23)26-16-15(25-2)19-6-7-20-16/h3-4,6-9,13H,5,10-11H2,1-2H3. The molecular weight excluding hydrogens is 366 g/mol. The fraction of sp³-hybridized carbons (Fsp3) is 0.333. The van der Waals surface area contributed by atoms with Gasteiger partial charge in [-0.3, -0.25) is 4.79 Å². The van der Waals surface area contributed by atoms with Crippen LogP contribution in [0.4, 0.5) is 0 Å². The van der Waals surface area contributed by atoms with Gasteiger partial charge in [-0.15, -0.1) is 0 Å². The Morgan fingerprint density at radius 2 is 1.96 bits per heavy atom. The maximum Gasteiger partial charge on any atom is 0.278 e. The summed E-state index contributed by atoms with van der Waals surface area (Å²) in [7, 11) is 1.52. The van der Waals surface area contributed by atoms with Crippen LogP contribution < -0.4 is 9.47 Å². The van der Waals surface area contributed by atoms with Crippen LogP contribution >= 0.6 is 11.3 Å². The molecule has 0 bridgehead atoms. The van der Waals surface area contributed by atoms with E-state index in [9.17, 15) is 4.79 Å².